The van der Waals surface area contributed by atoms with Crippen molar-refractivity contribution >= 4 is 50.7 Å². The number of aromatic nitrogens is 1. The lowest BCUT2D eigenvalue weighted by atomic mass is 10.1. The van der Waals surface area contributed by atoms with E-state index in [2.05, 4.69) is 40.5 Å². The molecule has 5 nitrogen and oxygen atoms in total. The van der Waals surface area contributed by atoms with E-state index in [0.717, 1.165) is 22.9 Å². The van der Waals surface area contributed by atoms with Crippen LogP contribution in [-0.4, -0.2) is 21.2 Å². The van der Waals surface area contributed by atoms with Crippen LogP contribution in [0.5, 0.6) is 0 Å². The second-order valence-electron chi connectivity index (χ2n) is 5.74. The maximum absolute atomic E-state index is 11.4. The minimum Gasteiger partial charge on any atom is -0.481 e. The molecule has 1 aromatic heterocycles. The van der Waals surface area contributed by atoms with E-state index < -0.39 is 17.0 Å². The summed E-state index contributed by atoms with van der Waals surface area (Å²) in [4.78, 5) is 26.8. The molecule has 1 heterocycles. The standard InChI is InChI=1S/C17H20BrNO4S/c1-2-3-4-5-6-10-7-8-12-15(14(10)18)19-16(23-12)11(17(21)22)9-13(20)24/h7-8,11H,2-6,9H2,1H3,(H,20,24)(H,21,22). The van der Waals surface area contributed by atoms with Crippen LogP contribution in [-0.2, 0) is 16.0 Å². The van der Waals surface area contributed by atoms with E-state index in [1.54, 1.807) is 6.07 Å². The molecule has 0 aliphatic rings. The first-order valence-electron chi connectivity index (χ1n) is 7.96. The molecule has 1 aromatic carbocycles. The first-order chi connectivity index (χ1) is 11.4. The van der Waals surface area contributed by atoms with Gasteiger partial charge in [-0.05, 0) is 40.4 Å². The fourth-order valence-electron chi connectivity index (χ4n) is 2.56. The molecule has 0 spiro atoms. The lowest BCUT2D eigenvalue weighted by Gasteiger charge is -2.04. The summed E-state index contributed by atoms with van der Waals surface area (Å²) in [6.07, 6.45) is 5.34. The molecule has 24 heavy (non-hydrogen) atoms. The first-order valence-corrected chi connectivity index (χ1v) is 9.20. The Bertz CT molecular complexity index is 744. The number of hydrogen-bond acceptors (Lipinski definition) is 4. The average molecular weight is 414 g/mol. The molecular formula is C17H20BrNO4S. The van der Waals surface area contributed by atoms with Crippen molar-refractivity contribution in [1.29, 1.82) is 0 Å². The van der Waals surface area contributed by atoms with Gasteiger partial charge in [0, 0.05) is 6.42 Å². The molecule has 2 rings (SSSR count). The van der Waals surface area contributed by atoms with Gasteiger partial charge in [0.05, 0.1) is 4.47 Å². The van der Waals surface area contributed by atoms with Gasteiger partial charge in [0.15, 0.2) is 10.7 Å². The van der Waals surface area contributed by atoms with Crippen molar-refractivity contribution in [3.05, 3.63) is 28.1 Å². The quantitative estimate of drug-likeness (QED) is 0.458. The average Bonchev–Trinajstić information content (AvgIpc) is 2.95. The summed E-state index contributed by atoms with van der Waals surface area (Å²) < 4.78 is 6.39. The first kappa shape index (κ1) is 19.0. The van der Waals surface area contributed by atoms with Gasteiger partial charge in [-0.25, -0.2) is 4.98 Å². The van der Waals surface area contributed by atoms with E-state index >= 15 is 0 Å². The van der Waals surface area contributed by atoms with Gasteiger partial charge in [-0.15, -0.1) is 12.6 Å². The molecule has 1 unspecified atom stereocenters. The predicted octanol–water partition coefficient (Wildman–Crippen LogP) is 4.73. The number of thiol groups is 1. The number of aryl methyl sites for hydroxylation is 1. The van der Waals surface area contributed by atoms with Crippen LogP contribution in [0.25, 0.3) is 11.1 Å². The Morgan fingerprint density at radius 2 is 2.08 bits per heavy atom. The Kier molecular flexibility index (Phi) is 6.86. The molecule has 130 valence electrons. The summed E-state index contributed by atoms with van der Waals surface area (Å²) >= 11 is 7.21. The van der Waals surface area contributed by atoms with Crippen LogP contribution >= 0.6 is 28.6 Å². The Hall–Kier alpha value is -1.34. The maximum Gasteiger partial charge on any atom is 0.316 e. The highest BCUT2D eigenvalue weighted by Gasteiger charge is 2.28. The number of halogens is 1. The third kappa shape index (κ3) is 4.60. The number of fused-ring (bicyclic) bond motifs is 1. The number of oxazole rings is 1. The maximum atomic E-state index is 11.4. The number of carbonyl (C=O) groups is 2. The number of carboxylic acid groups (broad SMARTS) is 1. The van der Waals surface area contributed by atoms with E-state index in [9.17, 15) is 14.7 Å². The van der Waals surface area contributed by atoms with Gasteiger partial charge in [0.1, 0.15) is 11.4 Å². The second kappa shape index (κ2) is 8.67. The number of carboxylic acids is 1. The van der Waals surface area contributed by atoms with Crippen molar-refractivity contribution in [1.82, 2.24) is 4.98 Å². The van der Waals surface area contributed by atoms with Gasteiger partial charge in [-0.1, -0.05) is 32.3 Å². The van der Waals surface area contributed by atoms with Gasteiger partial charge < -0.3 is 9.52 Å². The molecule has 0 bridgehead atoms. The Morgan fingerprint density at radius 1 is 1.33 bits per heavy atom. The van der Waals surface area contributed by atoms with E-state index in [-0.39, 0.29) is 12.3 Å². The summed E-state index contributed by atoms with van der Waals surface area (Å²) in [5.41, 5.74) is 2.22. The fourth-order valence-corrected chi connectivity index (χ4v) is 3.36. The van der Waals surface area contributed by atoms with E-state index in [0.29, 0.717) is 11.1 Å². The number of benzene rings is 1. The highest BCUT2D eigenvalue weighted by atomic mass is 79.9. The smallest absolute Gasteiger partial charge is 0.316 e. The number of hydrogen-bond donors (Lipinski definition) is 2. The summed E-state index contributed by atoms with van der Waals surface area (Å²) in [7, 11) is 0. The van der Waals surface area contributed by atoms with Crippen molar-refractivity contribution < 1.29 is 19.1 Å². The highest BCUT2D eigenvalue weighted by molar-refractivity contribution is 9.10. The van der Waals surface area contributed by atoms with Crippen LogP contribution in [0.15, 0.2) is 21.0 Å². The summed E-state index contributed by atoms with van der Waals surface area (Å²) in [6.45, 7) is 2.17. The lowest BCUT2D eigenvalue weighted by molar-refractivity contribution is -0.140. The number of rotatable bonds is 9. The zero-order chi connectivity index (χ0) is 17.7. The largest absolute Gasteiger partial charge is 0.481 e. The van der Waals surface area contributed by atoms with Crippen LogP contribution in [0.1, 0.15) is 56.4 Å². The normalized spacial score (nSPS) is 12.5. The Labute approximate surface area is 154 Å². The Balaban J connectivity index is 2.28. The third-order valence-electron chi connectivity index (χ3n) is 3.87. The second-order valence-corrected chi connectivity index (χ2v) is 7.03. The number of aliphatic carboxylic acids is 1. The van der Waals surface area contributed by atoms with E-state index in [4.69, 9.17) is 4.42 Å². The Morgan fingerprint density at radius 3 is 2.71 bits per heavy atom. The summed E-state index contributed by atoms with van der Waals surface area (Å²) in [6, 6.07) is 3.76. The molecule has 1 N–H and O–H groups in total. The molecule has 0 fully saturated rings. The SMILES string of the molecule is CCCCCCc1ccc2oc(C(CC(=O)S)C(=O)O)nc2c1Br. The topological polar surface area (TPSA) is 80.4 Å². The molecule has 0 aliphatic carbocycles. The van der Waals surface area contributed by atoms with Gasteiger partial charge >= 0.3 is 5.97 Å². The molecule has 0 saturated heterocycles. The summed E-state index contributed by atoms with van der Waals surface area (Å²) in [5.74, 6) is -2.24. The molecule has 0 saturated carbocycles. The molecular weight excluding hydrogens is 394 g/mol. The van der Waals surface area contributed by atoms with Gasteiger partial charge in [-0.2, -0.15) is 0 Å². The number of nitrogens with zero attached hydrogens (tertiary/aromatic N) is 1. The summed E-state index contributed by atoms with van der Waals surface area (Å²) in [5, 5.41) is 8.78. The fraction of sp³-hybridized carbons (Fsp3) is 0.471. The molecule has 0 amide bonds. The molecule has 1 atom stereocenters. The van der Waals surface area contributed by atoms with Gasteiger partial charge in [0.25, 0.3) is 0 Å². The third-order valence-corrected chi connectivity index (χ3v) is 4.94. The number of carbonyl (C=O) groups excluding carboxylic acids is 1. The van der Waals surface area contributed by atoms with Crippen LogP contribution in [0.2, 0.25) is 0 Å². The highest BCUT2D eigenvalue weighted by Crippen LogP contribution is 2.32. The lowest BCUT2D eigenvalue weighted by Crippen LogP contribution is -2.14. The van der Waals surface area contributed by atoms with Crippen LogP contribution in [0, 0.1) is 0 Å². The molecule has 7 heteroatoms. The zero-order valence-electron chi connectivity index (χ0n) is 13.4. The van der Waals surface area contributed by atoms with E-state index in [1.165, 1.54) is 19.3 Å². The van der Waals surface area contributed by atoms with Crippen LogP contribution < -0.4 is 0 Å². The number of unbranched alkanes of at least 4 members (excludes halogenated alkanes) is 3. The van der Waals surface area contributed by atoms with Crippen molar-refractivity contribution in [2.24, 2.45) is 0 Å². The molecule has 0 radical (unpaired) electrons. The van der Waals surface area contributed by atoms with Crippen molar-refractivity contribution in [3.63, 3.8) is 0 Å². The minimum absolute atomic E-state index is 0.0312. The van der Waals surface area contributed by atoms with E-state index in [1.807, 2.05) is 6.07 Å². The van der Waals surface area contributed by atoms with Crippen LogP contribution in [0.3, 0.4) is 0 Å². The van der Waals surface area contributed by atoms with Crippen molar-refractivity contribution in [2.75, 3.05) is 0 Å². The van der Waals surface area contributed by atoms with Gasteiger partial charge in [0.2, 0.25) is 5.89 Å². The predicted molar refractivity (Wildman–Crippen MR) is 98.5 cm³/mol. The van der Waals surface area contributed by atoms with Gasteiger partial charge in [-0.3, -0.25) is 9.59 Å². The molecule has 0 aliphatic heterocycles. The van der Waals surface area contributed by atoms with Crippen LogP contribution in [0.4, 0.5) is 0 Å². The minimum atomic E-state index is -1.15. The van der Waals surface area contributed by atoms with Crippen molar-refractivity contribution in [2.45, 2.75) is 51.4 Å². The van der Waals surface area contributed by atoms with Crippen molar-refractivity contribution in [3.8, 4) is 0 Å². The zero-order valence-corrected chi connectivity index (χ0v) is 15.9. The molecule has 2 aromatic rings. The monoisotopic (exact) mass is 413 g/mol.